The number of nitrogens with zero attached hydrogens (tertiary/aromatic N) is 1. The summed E-state index contributed by atoms with van der Waals surface area (Å²) in [6.45, 7) is -0.161. The molecule has 1 aliphatic heterocycles. The minimum absolute atomic E-state index is 0.00377. The summed E-state index contributed by atoms with van der Waals surface area (Å²) in [7, 11) is 0. The number of hydrogen-bond donors (Lipinski definition) is 2. The van der Waals surface area contributed by atoms with Gasteiger partial charge >= 0.3 is 0 Å². The lowest BCUT2D eigenvalue weighted by Gasteiger charge is -2.13. The number of carbonyl (C=O) groups is 4. The maximum Gasteiger partial charge on any atom is 0.293 e. The molecule has 1 fully saturated rings. The van der Waals surface area contributed by atoms with Crippen LogP contribution in [-0.2, 0) is 9.59 Å². The Labute approximate surface area is 176 Å². The molecule has 154 valence electrons. The van der Waals surface area contributed by atoms with Crippen LogP contribution in [0.1, 0.15) is 15.9 Å². The van der Waals surface area contributed by atoms with Crippen molar-refractivity contribution in [1.29, 1.82) is 0 Å². The van der Waals surface area contributed by atoms with Gasteiger partial charge in [-0.15, -0.1) is 0 Å². The highest BCUT2D eigenvalue weighted by Gasteiger charge is 2.34. The Morgan fingerprint density at radius 2 is 1.70 bits per heavy atom. The standard InChI is InChI=1S/C21H18FN3O4S/c22-16-8-6-14(7-9-16)12-17-20(28)25(21(29)30-17)11-10-23-18(26)13-24-19(27)15-4-2-1-3-5-15/h1-9,12H,10-11,13H2,(H,23,26)(H,24,27). The summed E-state index contributed by atoms with van der Waals surface area (Å²) < 4.78 is 13.0. The van der Waals surface area contributed by atoms with Crippen LogP contribution < -0.4 is 10.6 Å². The third kappa shape index (κ3) is 5.54. The summed E-state index contributed by atoms with van der Waals surface area (Å²) in [6, 6.07) is 14.0. The number of hydrogen-bond acceptors (Lipinski definition) is 5. The molecule has 1 heterocycles. The smallest absolute Gasteiger partial charge is 0.293 e. The molecule has 0 saturated carbocycles. The molecule has 2 aromatic rings. The lowest BCUT2D eigenvalue weighted by molar-refractivity contribution is -0.124. The molecule has 0 unspecified atom stereocenters. The predicted molar refractivity (Wildman–Crippen MR) is 111 cm³/mol. The van der Waals surface area contributed by atoms with Gasteiger partial charge in [-0.3, -0.25) is 24.1 Å². The number of carbonyl (C=O) groups excluding carboxylic acids is 4. The fraction of sp³-hybridized carbons (Fsp3) is 0.143. The van der Waals surface area contributed by atoms with E-state index >= 15 is 0 Å². The molecule has 0 aromatic heterocycles. The summed E-state index contributed by atoms with van der Waals surface area (Å²) >= 11 is 0.787. The van der Waals surface area contributed by atoms with Crippen LogP contribution in [0.4, 0.5) is 9.18 Å². The Hall–Kier alpha value is -3.46. The highest BCUT2D eigenvalue weighted by molar-refractivity contribution is 8.18. The first kappa shape index (κ1) is 21.3. The zero-order valence-corrected chi connectivity index (χ0v) is 16.6. The van der Waals surface area contributed by atoms with Crippen LogP contribution in [0.3, 0.4) is 0 Å². The number of rotatable bonds is 7. The Balaban J connectivity index is 1.45. The number of amides is 4. The second-order valence-electron chi connectivity index (χ2n) is 6.28. The normalized spacial score (nSPS) is 14.8. The molecule has 0 bridgehead atoms. The molecule has 0 atom stereocenters. The molecule has 0 spiro atoms. The Kier molecular flexibility index (Phi) is 6.97. The zero-order chi connectivity index (χ0) is 21.5. The number of imide groups is 1. The van der Waals surface area contributed by atoms with E-state index in [-0.39, 0.29) is 30.4 Å². The number of nitrogens with one attached hydrogen (secondary N) is 2. The van der Waals surface area contributed by atoms with Gasteiger partial charge in [0.2, 0.25) is 5.91 Å². The van der Waals surface area contributed by atoms with Crippen LogP contribution in [0.5, 0.6) is 0 Å². The van der Waals surface area contributed by atoms with E-state index in [9.17, 15) is 23.6 Å². The fourth-order valence-corrected chi connectivity index (χ4v) is 3.49. The van der Waals surface area contributed by atoms with Gasteiger partial charge in [0.25, 0.3) is 17.1 Å². The number of benzene rings is 2. The van der Waals surface area contributed by atoms with Crippen molar-refractivity contribution in [1.82, 2.24) is 15.5 Å². The van der Waals surface area contributed by atoms with Crippen LogP contribution in [0, 0.1) is 5.82 Å². The molecule has 2 aromatic carbocycles. The van der Waals surface area contributed by atoms with Crippen molar-refractivity contribution in [2.45, 2.75) is 0 Å². The minimum Gasteiger partial charge on any atom is -0.353 e. The summed E-state index contributed by atoms with van der Waals surface area (Å²) in [4.78, 5) is 49.5. The lowest BCUT2D eigenvalue weighted by Crippen LogP contribution is -2.41. The van der Waals surface area contributed by atoms with Gasteiger partial charge in [-0.25, -0.2) is 4.39 Å². The van der Waals surface area contributed by atoms with Gasteiger partial charge in [0.1, 0.15) is 5.82 Å². The van der Waals surface area contributed by atoms with E-state index < -0.39 is 22.9 Å². The SMILES string of the molecule is O=C(CNC(=O)c1ccccc1)NCCN1C(=O)SC(=Cc2ccc(F)cc2)C1=O. The maximum atomic E-state index is 13.0. The van der Waals surface area contributed by atoms with Crippen LogP contribution in [0.25, 0.3) is 6.08 Å². The molecule has 4 amide bonds. The average Bonchev–Trinajstić information content (AvgIpc) is 3.01. The van der Waals surface area contributed by atoms with Gasteiger partial charge in [-0.2, -0.15) is 0 Å². The molecule has 1 saturated heterocycles. The van der Waals surface area contributed by atoms with Crippen molar-refractivity contribution in [3.05, 3.63) is 76.4 Å². The Morgan fingerprint density at radius 1 is 1.00 bits per heavy atom. The van der Waals surface area contributed by atoms with Crippen molar-refractivity contribution in [3.8, 4) is 0 Å². The molecule has 2 N–H and O–H groups in total. The first-order chi connectivity index (χ1) is 14.4. The molecule has 0 aliphatic carbocycles. The molecule has 3 rings (SSSR count). The lowest BCUT2D eigenvalue weighted by atomic mass is 10.2. The Morgan fingerprint density at radius 3 is 2.40 bits per heavy atom. The monoisotopic (exact) mass is 427 g/mol. The predicted octanol–water partition coefficient (Wildman–Crippen LogP) is 2.41. The molecular formula is C21H18FN3O4S. The maximum absolute atomic E-state index is 13.0. The summed E-state index contributed by atoms with van der Waals surface area (Å²) in [6.07, 6.45) is 1.52. The van der Waals surface area contributed by atoms with E-state index in [1.54, 1.807) is 30.3 Å². The average molecular weight is 427 g/mol. The van der Waals surface area contributed by atoms with Crippen LogP contribution in [0.15, 0.2) is 59.5 Å². The largest absolute Gasteiger partial charge is 0.353 e. The second kappa shape index (κ2) is 9.84. The molecule has 30 heavy (non-hydrogen) atoms. The van der Waals surface area contributed by atoms with Crippen molar-refractivity contribution < 1.29 is 23.6 Å². The van der Waals surface area contributed by atoms with E-state index in [0.717, 1.165) is 16.7 Å². The van der Waals surface area contributed by atoms with E-state index in [2.05, 4.69) is 10.6 Å². The first-order valence-electron chi connectivity index (χ1n) is 9.05. The van der Waals surface area contributed by atoms with E-state index in [0.29, 0.717) is 11.1 Å². The highest BCUT2D eigenvalue weighted by atomic mass is 32.2. The summed E-state index contributed by atoms with van der Waals surface area (Å²) in [5, 5.41) is 4.61. The van der Waals surface area contributed by atoms with Gasteiger partial charge in [-0.1, -0.05) is 30.3 Å². The summed E-state index contributed by atoms with van der Waals surface area (Å²) in [5.41, 5.74) is 1.04. The summed E-state index contributed by atoms with van der Waals surface area (Å²) in [5.74, 6) is -1.67. The molecule has 7 nitrogen and oxygen atoms in total. The third-order valence-corrected chi connectivity index (χ3v) is 5.05. The fourth-order valence-electron chi connectivity index (χ4n) is 2.62. The topological polar surface area (TPSA) is 95.6 Å². The molecule has 9 heteroatoms. The number of thioether (sulfide) groups is 1. The molecule has 1 aliphatic rings. The van der Waals surface area contributed by atoms with Gasteiger partial charge < -0.3 is 10.6 Å². The minimum atomic E-state index is -0.471. The van der Waals surface area contributed by atoms with E-state index in [1.807, 2.05) is 0 Å². The van der Waals surface area contributed by atoms with Gasteiger partial charge in [-0.05, 0) is 47.7 Å². The number of halogens is 1. The zero-order valence-electron chi connectivity index (χ0n) is 15.8. The third-order valence-electron chi connectivity index (χ3n) is 4.14. The van der Waals surface area contributed by atoms with Gasteiger partial charge in [0, 0.05) is 18.7 Å². The second-order valence-corrected chi connectivity index (χ2v) is 7.28. The first-order valence-corrected chi connectivity index (χ1v) is 9.86. The van der Waals surface area contributed by atoms with Crippen molar-refractivity contribution in [3.63, 3.8) is 0 Å². The van der Waals surface area contributed by atoms with E-state index in [1.165, 1.54) is 30.3 Å². The quantitative estimate of drug-likeness (QED) is 0.662. The highest BCUT2D eigenvalue weighted by Crippen LogP contribution is 2.31. The van der Waals surface area contributed by atoms with Crippen molar-refractivity contribution in [2.75, 3.05) is 19.6 Å². The van der Waals surface area contributed by atoms with Crippen LogP contribution in [0.2, 0.25) is 0 Å². The molecule has 0 radical (unpaired) electrons. The van der Waals surface area contributed by atoms with Gasteiger partial charge in [0.05, 0.1) is 11.4 Å². The van der Waals surface area contributed by atoms with Crippen molar-refractivity contribution >= 4 is 40.8 Å². The van der Waals surface area contributed by atoms with E-state index in [4.69, 9.17) is 0 Å². The van der Waals surface area contributed by atoms with Crippen LogP contribution >= 0.6 is 11.8 Å². The Bertz CT molecular complexity index is 993. The van der Waals surface area contributed by atoms with Gasteiger partial charge in [0.15, 0.2) is 0 Å². The van der Waals surface area contributed by atoms with Crippen LogP contribution in [-0.4, -0.2) is 47.5 Å². The van der Waals surface area contributed by atoms with Crippen molar-refractivity contribution in [2.24, 2.45) is 0 Å². The molecular weight excluding hydrogens is 409 g/mol.